The van der Waals surface area contributed by atoms with E-state index in [1.165, 1.54) is 11.0 Å². The van der Waals surface area contributed by atoms with Crippen LogP contribution < -0.4 is 4.74 Å². The topological polar surface area (TPSA) is 126 Å². The maximum Gasteiger partial charge on any atom is 0.459 e. The number of carbonyl (C=O) groups excluding carboxylic acids is 1. The highest BCUT2D eigenvalue weighted by Gasteiger charge is 2.62. The van der Waals surface area contributed by atoms with Gasteiger partial charge in [0, 0.05) is 13.6 Å². The molecule has 39 heavy (non-hydrogen) atoms. The Labute approximate surface area is 218 Å². The SMILES string of the molecule is CCN(C(=O)c1cc(-c2cn(-c3c(OC(F)F)c(C(F)(F)C(F)(F)F)nn3C)nn2)sc1C#N)C1(C#N)CC1. The van der Waals surface area contributed by atoms with Crippen LogP contribution in [0.15, 0.2) is 12.3 Å². The first-order valence-electron chi connectivity index (χ1n) is 10.9. The highest BCUT2D eigenvalue weighted by atomic mass is 32.1. The molecule has 10 nitrogen and oxygen atoms in total. The molecule has 3 aromatic rings. The van der Waals surface area contributed by atoms with E-state index in [2.05, 4.69) is 26.2 Å². The number of thiophene rings is 1. The molecular weight excluding hydrogens is 561 g/mol. The van der Waals surface area contributed by atoms with E-state index in [0.717, 1.165) is 24.6 Å². The molecule has 0 saturated heterocycles. The molecule has 4 rings (SSSR count). The van der Waals surface area contributed by atoms with Gasteiger partial charge in [0.2, 0.25) is 0 Å². The maximum absolute atomic E-state index is 14.1. The van der Waals surface area contributed by atoms with Crippen molar-refractivity contribution >= 4 is 17.2 Å². The fraction of sp³-hybridized carbons (Fsp3) is 0.429. The Bertz CT molecular complexity index is 1510. The summed E-state index contributed by atoms with van der Waals surface area (Å²) in [5.41, 5.74) is -3.19. The fourth-order valence-corrected chi connectivity index (χ4v) is 4.77. The molecule has 0 radical (unpaired) electrons. The van der Waals surface area contributed by atoms with Crippen LogP contribution in [0.2, 0.25) is 0 Å². The molecule has 1 fully saturated rings. The van der Waals surface area contributed by atoms with Crippen molar-refractivity contribution < 1.29 is 40.3 Å². The number of rotatable bonds is 8. The number of aryl methyl sites for hydroxylation is 1. The lowest BCUT2D eigenvalue weighted by atomic mass is 10.1. The minimum atomic E-state index is -6.17. The van der Waals surface area contributed by atoms with Crippen molar-refractivity contribution in [3.05, 3.63) is 28.4 Å². The number of hydrogen-bond donors (Lipinski definition) is 0. The molecule has 3 aromatic heterocycles. The summed E-state index contributed by atoms with van der Waals surface area (Å²) in [5.74, 6) is -8.62. The Morgan fingerprint density at radius 3 is 2.46 bits per heavy atom. The van der Waals surface area contributed by atoms with E-state index in [1.807, 2.05) is 6.07 Å². The van der Waals surface area contributed by atoms with E-state index >= 15 is 0 Å². The summed E-state index contributed by atoms with van der Waals surface area (Å²) < 4.78 is 98.1. The summed E-state index contributed by atoms with van der Waals surface area (Å²) in [7, 11) is 0.906. The highest BCUT2D eigenvalue weighted by Crippen LogP contribution is 2.48. The molecule has 0 unspecified atom stereocenters. The van der Waals surface area contributed by atoms with Crippen molar-refractivity contribution in [1.29, 1.82) is 10.5 Å². The van der Waals surface area contributed by atoms with Crippen molar-refractivity contribution in [2.45, 2.75) is 44.0 Å². The van der Waals surface area contributed by atoms with Crippen molar-refractivity contribution in [3.8, 4) is 34.3 Å². The number of hydrogen-bond acceptors (Lipinski definition) is 8. The van der Waals surface area contributed by atoms with E-state index in [1.54, 1.807) is 6.92 Å². The van der Waals surface area contributed by atoms with Gasteiger partial charge < -0.3 is 9.64 Å². The lowest BCUT2D eigenvalue weighted by molar-refractivity contribution is -0.291. The number of aromatic nitrogens is 5. The first-order chi connectivity index (χ1) is 18.2. The van der Waals surface area contributed by atoms with Crippen molar-refractivity contribution in [3.63, 3.8) is 0 Å². The summed E-state index contributed by atoms with van der Waals surface area (Å²) in [6.45, 7) is -1.92. The van der Waals surface area contributed by atoms with Gasteiger partial charge in [-0.05, 0) is 25.8 Å². The number of alkyl halides is 7. The van der Waals surface area contributed by atoms with Crippen molar-refractivity contribution in [2.75, 3.05) is 6.54 Å². The summed E-state index contributed by atoms with van der Waals surface area (Å²) in [4.78, 5) is 14.6. The normalized spacial score (nSPS) is 14.7. The van der Waals surface area contributed by atoms with Crippen LogP contribution in [0.5, 0.6) is 5.75 Å². The standard InChI is InChI=1S/C21H15F7N8O2S/c1-3-35(19(9-30)4-5-19)17(37)10-6-12(39-13(10)7-29)11-8-36(33-31-11)16-14(38-18(22)23)15(32-34(16)2)20(24,25)21(26,27)28/h6,8,18H,3-5H2,1-2H3. The molecule has 206 valence electrons. The van der Waals surface area contributed by atoms with Gasteiger partial charge in [-0.15, -0.1) is 16.4 Å². The van der Waals surface area contributed by atoms with Crippen LogP contribution in [0, 0.1) is 22.7 Å². The van der Waals surface area contributed by atoms with Crippen LogP contribution in [0.3, 0.4) is 0 Å². The van der Waals surface area contributed by atoms with Crippen LogP contribution >= 0.6 is 11.3 Å². The van der Waals surface area contributed by atoms with Gasteiger partial charge in [0.05, 0.1) is 22.7 Å². The van der Waals surface area contributed by atoms with E-state index in [4.69, 9.17) is 0 Å². The molecule has 0 aliphatic heterocycles. The molecular formula is C21H15F7N8O2S. The average Bonchev–Trinajstić information content (AvgIpc) is 3.17. The van der Waals surface area contributed by atoms with Gasteiger partial charge in [0.25, 0.3) is 5.91 Å². The molecule has 3 heterocycles. The summed E-state index contributed by atoms with van der Waals surface area (Å²) >= 11 is 0.798. The zero-order valence-electron chi connectivity index (χ0n) is 19.8. The van der Waals surface area contributed by atoms with Gasteiger partial charge in [0.1, 0.15) is 22.2 Å². The Hall–Kier alpha value is -4.19. The first kappa shape index (κ1) is 27.8. The number of nitrogens with zero attached hydrogens (tertiary/aromatic N) is 8. The lowest BCUT2D eigenvalue weighted by Gasteiger charge is -2.25. The van der Waals surface area contributed by atoms with Crippen LogP contribution in [0.4, 0.5) is 30.7 Å². The van der Waals surface area contributed by atoms with Gasteiger partial charge in [-0.2, -0.15) is 51.0 Å². The summed E-state index contributed by atoms with van der Waals surface area (Å²) in [5, 5.41) is 29.5. The molecule has 0 bridgehead atoms. The summed E-state index contributed by atoms with van der Waals surface area (Å²) in [6.07, 6.45) is -4.24. The number of ether oxygens (including phenoxy) is 1. The largest absolute Gasteiger partial charge is 0.459 e. The predicted molar refractivity (Wildman–Crippen MR) is 117 cm³/mol. The lowest BCUT2D eigenvalue weighted by Crippen LogP contribution is -2.41. The number of amides is 1. The number of halogens is 7. The third-order valence-electron chi connectivity index (χ3n) is 5.87. The number of nitriles is 2. The third-order valence-corrected chi connectivity index (χ3v) is 6.93. The molecule has 0 aromatic carbocycles. The van der Waals surface area contributed by atoms with Crippen LogP contribution in [0.1, 0.15) is 40.7 Å². The zero-order valence-corrected chi connectivity index (χ0v) is 20.6. The molecule has 0 atom stereocenters. The Kier molecular flexibility index (Phi) is 6.80. The summed E-state index contributed by atoms with van der Waals surface area (Å²) in [6, 6.07) is 5.26. The predicted octanol–water partition coefficient (Wildman–Crippen LogP) is 4.37. The second-order valence-electron chi connectivity index (χ2n) is 8.28. The van der Waals surface area contributed by atoms with E-state index in [-0.39, 0.29) is 27.6 Å². The van der Waals surface area contributed by atoms with Gasteiger partial charge in [-0.25, -0.2) is 4.68 Å². The van der Waals surface area contributed by atoms with Gasteiger partial charge in [-0.1, -0.05) is 5.21 Å². The average molecular weight is 576 g/mol. The maximum atomic E-state index is 14.1. The second kappa shape index (κ2) is 9.53. The zero-order chi connectivity index (χ0) is 28.9. The number of carbonyl (C=O) groups is 1. The van der Waals surface area contributed by atoms with E-state index < -0.39 is 47.4 Å². The smallest absolute Gasteiger partial charge is 0.428 e. The van der Waals surface area contributed by atoms with Gasteiger partial charge in [0.15, 0.2) is 17.3 Å². The van der Waals surface area contributed by atoms with E-state index in [0.29, 0.717) is 22.2 Å². The molecule has 0 spiro atoms. The Balaban J connectivity index is 1.76. The first-order valence-corrected chi connectivity index (χ1v) is 11.7. The fourth-order valence-electron chi connectivity index (χ4n) is 3.87. The monoisotopic (exact) mass is 576 g/mol. The molecule has 1 aliphatic rings. The van der Waals surface area contributed by atoms with Crippen LogP contribution in [0.25, 0.3) is 16.4 Å². The minimum absolute atomic E-state index is 0.0360. The quantitative estimate of drug-likeness (QED) is 0.365. The van der Waals surface area contributed by atoms with E-state index in [9.17, 15) is 46.1 Å². The van der Waals surface area contributed by atoms with Gasteiger partial charge >= 0.3 is 18.7 Å². The Morgan fingerprint density at radius 2 is 1.95 bits per heavy atom. The second-order valence-corrected chi connectivity index (χ2v) is 9.33. The third kappa shape index (κ3) is 4.65. The van der Waals surface area contributed by atoms with Gasteiger partial charge in [-0.3, -0.25) is 4.79 Å². The van der Waals surface area contributed by atoms with Crippen LogP contribution in [-0.2, 0) is 13.0 Å². The van der Waals surface area contributed by atoms with Crippen molar-refractivity contribution in [1.82, 2.24) is 29.7 Å². The molecule has 0 N–H and O–H groups in total. The molecule has 18 heteroatoms. The minimum Gasteiger partial charge on any atom is -0.428 e. The van der Waals surface area contributed by atoms with Crippen LogP contribution in [-0.4, -0.2) is 60.5 Å². The van der Waals surface area contributed by atoms with Crippen molar-refractivity contribution in [2.24, 2.45) is 7.05 Å². The molecule has 1 amide bonds. The highest BCUT2D eigenvalue weighted by molar-refractivity contribution is 7.16. The molecule has 1 saturated carbocycles. The Morgan fingerprint density at radius 1 is 1.28 bits per heavy atom. The molecule has 1 aliphatic carbocycles.